The van der Waals surface area contributed by atoms with E-state index in [9.17, 15) is 9.90 Å². The minimum atomic E-state index is -1.84. The Morgan fingerprint density at radius 3 is 2.09 bits per heavy atom. The molecule has 1 aromatic heterocycles. The standard InChI is InChI=1S/C16H29N3O3Si/c1-15(2,3)19(14(20)21)13-10-17-12(9-18-13)11-22-23(7,8)16(4,5)6/h9-10H,11H2,1-8H3,(H,20,21). The molecule has 6 nitrogen and oxygen atoms in total. The van der Waals surface area contributed by atoms with Crippen molar-refractivity contribution in [3.05, 3.63) is 18.1 Å². The van der Waals surface area contributed by atoms with Crippen molar-refractivity contribution in [3.63, 3.8) is 0 Å². The van der Waals surface area contributed by atoms with Crippen LogP contribution >= 0.6 is 0 Å². The van der Waals surface area contributed by atoms with Gasteiger partial charge in [-0.25, -0.2) is 9.78 Å². The predicted octanol–water partition coefficient (Wildman–Crippen LogP) is 4.28. The van der Waals surface area contributed by atoms with E-state index in [4.69, 9.17) is 4.43 Å². The second-order valence-corrected chi connectivity index (χ2v) is 13.0. The van der Waals surface area contributed by atoms with Gasteiger partial charge in [0.05, 0.1) is 24.7 Å². The van der Waals surface area contributed by atoms with Gasteiger partial charge in [0.25, 0.3) is 0 Å². The van der Waals surface area contributed by atoms with Crippen LogP contribution < -0.4 is 4.90 Å². The third-order valence-electron chi connectivity index (χ3n) is 4.17. The summed E-state index contributed by atoms with van der Waals surface area (Å²) in [5.74, 6) is 0.320. The largest absolute Gasteiger partial charge is 0.465 e. The van der Waals surface area contributed by atoms with Crippen LogP contribution in [0.2, 0.25) is 18.1 Å². The van der Waals surface area contributed by atoms with Gasteiger partial charge >= 0.3 is 6.09 Å². The number of nitrogens with zero attached hydrogens (tertiary/aromatic N) is 3. The van der Waals surface area contributed by atoms with E-state index in [1.54, 1.807) is 6.20 Å². The van der Waals surface area contributed by atoms with Gasteiger partial charge in [0, 0.05) is 5.54 Å². The highest BCUT2D eigenvalue weighted by Gasteiger charge is 2.37. The maximum absolute atomic E-state index is 11.4. The molecular formula is C16H29N3O3Si. The van der Waals surface area contributed by atoms with Crippen molar-refractivity contribution in [2.24, 2.45) is 0 Å². The van der Waals surface area contributed by atoms with E-state index in [0.717, 1.165) is 0 Å². The van der Waals surface area contributed by atoms with E-state index in [2.05, 4.69) is 43.8 Å². The molecule has 0 aliphatic rings. The lowest BCUT2D eigenvalue weighted by Crippen LogP contribution is -2.45. The van der Waals surface area contributed by atoms with E-state index in [0.29, 0.717) is 18.1 Å². The summed E-state index contributed by atoms with van der Waals surface area (Å²) in [6.45, 7) is 16.8. The molecule has 7 heteroatoms. The fraction of sp³-hybridized carbons (Fsp3) is 0.688. The zero-order chi connectivity index (χ0) is 18.1. The van der Waals surface area contributed by atoms with Crippen molar-refractivity contribution in [3.8, 4) is 0 Å². The molecule has 1 N–H and O–H groups in total. The van der Waals surface area contributed by atoms with Gasteiger partial charge in [-0.05, 0) is 38.9 Å². The van der Waals surface area contributed by atoms with Crippen molar-refractivity contribution in [1.82, 2.24) is 9.97 Å². The summed E-state index contributed by atoms with van der Waals surface area (Å²) in [5, 5.41) is 9.50. The third kappa shape index (κ3) is 5.00. The Kier molecular flexibility index (Phi) is 5.59. The maximum atomic E-state index is 11.4. The molecule has 0 saturated carbocycles. The van der Waals surface area contributed by atoms with Crippen molar-refractivity contribution >= 4 is 20.2 Å². The number of hydrogen-bond donors (Lipinski definition) is 1. The van der Waals surface area contributed by atoms with Crippen LogP contribution in [0.4, 0.5) is 10.6 Å². The molecule has 1 aromatic rings. The molecule has 1 rings (SSSR count). The first-order valence-corrected chi connectivity index (χ1v) is 10.6. The number of anilines is 1. The van der Waals surface area contributed by atoms with Crippen LogP contribution in [-0.4, -0.2) is 35.0 Å². The van der Waals surface area contributed by atoms with Crippen LogP contribution in [0.1, 0.15) is 47.2 Å². The molecule has 0 spiro atoms. The molecule has 1 heterocycles. The van der Waals surface area contributed by atoms with Gasteiger partial charge in [0.15, 0.2) is 14.1 Å². The topological polar surface area (TPSA) is 75.6 Å². The summed E-state index contributed by atoms with van der Waals surface area (Å²) in [6.07, 6.45) is 2.03. The zero-order valence-corrected chi connectivity index (χ0v) is 16.5. The van der Waals surface area contributed by atoms with E-state index in [-0.39, 0.29) is 5.04 Å². The molecule has 0 bridgehead atoms. The van der Waals surface area contributed by atoms with Gasteiger partial charge in [-0.15, -0.1) is 0 Å². The lowest BCUT2D eigenvalue weighted by molar-refractivity contribution is 0.195. The van der Waals surface area contributed by atoms with Crippen molar-refractivity contribution in [1.29, 1.82) is 0 Å². The second-order valence-electron chi connectivity index (χ2n) is 8.20. The fourth-order valence-corrected chi connectivity index (χ4v) is 2.68. The van der Waals surface area contributed by atoms with Gasteiger partial charge in [-0.3, -0.25) is 9.88 Å². The Hall–Kier alpha value is -1.47. The molecule has 0 fully saturated rings. The minimum absolute atomic E-state index is 0.132. The lowest BCUT2D eigenvalue weighted by atomic mass is 10.1. The summed E-state index contributed by atoms with van der Waals surface area (Å²) < 4.78 is 6.10. The van der Waals surface area contributed by atoms with Gasteiger partial charge < -0.3 is 9.53 Å². The Balaban J connectivity index is 2.87. The molecule has 1 amide bonds. The number of amides is 1. The van der Waals surface area contributed by atoms with Gasteiger partial charge in [0.2, 0.25) is 0 Å². The second kappa shape index (κ2) is 6.57. The van der Waals surface area contributed by atoms with Crippen LogP contribution in [0, 0.1) is 0 Å². The molecule has 130 valence electrons. The first kappa shape index (κ1) is 19.6. The first-order valence-electron chi connectivity index (χ1n) is 7.74. The van der Waals surface area contributed by atoms with Crippen LogP contribution in [0.15, 0.2) is 12.4 Å². The van der Waals surface area contributed by atoms with Crippen LogP contribution in [0.25, 0.3) is 0 Å². The zero-order valence-electron chi connectivity index (χ0n) is 15.5. The smallest absolute Gasteiger partial charge is 0.413 e. The third-order valence-corrected chi connectivity index (χ3v) is 8.65. The fourth-order valence-electron chi connectivity index (χ4n) is 1.74. The van der Waals surface area contributed by atoms with Gasteiger partial charge in [0.1, 0.15) is 0 Å². The highest BCUT2D eigenvalue weighted by atomic mass is 28.4. The average Bonchev–Trinajstić information content (AvgIpc) is 2.34. The number of carboxylic acid groups (broad SMARTS) is 1. The SMILES string of the molecule is CC(C)(C)N(C(=O)O)c1cnc(CO[Si](C)(C)C(C)(C)C)cn1. The number of hydrogen-bond acceptors (Lipinski definition) is 4. The van der Waals surface area contributed by atoms with Crippen LogP contribution in [0.5, 0.6) is 0 Å². The summed E-state index contributed by atoms with van der Waals surface area (Å²) in [6, 6.07) is 0. The highest BCUT2D eigenvalue weighted by molar-refractivity contribution is 6.74. The number of aromatic nitrogens is 2. The molecule has 0 aliphatic carbocycles. The molecule has 0 saturated heterocycles. The summed E-state index contributed by atoms with van der Waals surface area (Å²) in [5.41, 5.74) is 0.123. The van der Waals surface area contributed by atoms with E-state index in [1.807, 2.05) is 20.8 Å². The maximum Gasteiger partial charge on any atom is 0.413 e. The van der Waals surface area contributed by atoms with E-state index in [1.165, 1.54) is 11.1 Å². The van der Waals surface area contributed by atoms with Crippen LogP contribution in [0.3, 0.4) is 0 Å². The highest BCUT2D eigenvalue weighted by Crippen LogP contribution is 2.37. The minimum Gasteiger partial charge on any atom is -0.465 e. The Labute approximate surface area is 140 Å². The molecule has 0 aliphatic heterocycles. The summed E-state index contributed by atoms with van der Waals surface area (Å²) in [4.78, 5) is 21.2. The van der Waals surface area contributed by atoms with Gasteiger partial charge in [-0.1, -0.05) is 20.8 Å². The molecule has 0 aromatic carbocycles. The normalized spacial score (nSPS) is 13.0. The molecule has 0 atom stereocenters. The predicted molar refractivity (Wildman–Crippen MR) is 94.3 cm³/mol. The number of rotatable bonds is 4. The van der Waals surface area contributed by atoms with Crippen molar-refractivity contribution < 1.29 is 14.3 Å². The molecule has 23 heavy (non-hydrogen) atoms. The quantitative estimate of drug-likeness (QED) is 0.829. The monoisotopic (exact) mass is 339 g/mol. The summed E-state index contributed by atoms with van der Waals surface area (Å²) >= 11 is 0. The molecular weight excluding hydrogens is 310 g/mol. The Morgan fingerprint density at radius 1 is 1.17 bits per heavy atom. The molecule has 0 radical (unpaired) electrons. The van der Waals surface area contributed by atoms with Crippen LogP contribution in [-0.2, 0) is 11.0 Å². The van der Waals surface area contributed by atoms with Crippen molar-refractivity contribution in [2.75, 3.05) is 4.90 Å². The molecule has 0 unspecified atom stereocenters. The van der Waals surface area contributed by atoms with Crippen molar-refractivity contribution in [2.45, 2.75) is 71.8 Å². The van der Waals surface area contributed by atoms with E-state index >= 15 is 0 Å². The Bertz CT molecular complexity index is 545. The summed E-state index contributed by atoms with van der Waals surface area (Å²) in [7, 11) is -1.84. The Morgan fingerprint density at radius 2 is 1.74 bits per heavy atom. The van der Waals surface area contributed by atoms with E-state index < -0.39 is 19.9 Å². The average molecular weight is 340 g/mol. The first-order chi connectivity index (χ1) is 10.3. The number of carbonyl (C=O) groups is 1. The van der Waals surface area contributed by atoms with Gasteiger partial charge in [-0.2, -0.15) is 0 Å². The lowest BCUT2D eigenvalue weighted by Gasteiger charge is -2.36.